The first-order valence-electron chi connectivity index (χ1n) is 7.08. The quantitative estimate of drug-likeness (QED) is 0.890. The van der Waals surface area contributed by atoms with Gasteiger partial charge < -0.3 is 15.5 Å². The van der Waals surface area contributed by atoms with Crippen molar-refractivity contribution in [3.8, 4) is 0 Å². The second-order valence-electron chi connectivity index (χ2n) is 5.20. The molecule has 2 aromatic rings. The fourth-order valence-electron chi connectivity index (χ4n) is 2.19. The van der Waals surface area contributed by atoms with Gasteiger partial charge in [0.2, 0.25) is 0 Å². The number of likely N-dealkylation sites (N-methyl/N-ethyl adjacent to an activating group) is 1. The molecule has 2 aromatic carbocycles. The summed E-state index contributed by atoms with van der Waals surface area (Å²) >= 11 is 0. The van der Waals surface area contributed by atoms with Gasteiger partial charge >= 0.3 is 6.03 Å². The van der Waals surface area contributed by atoms with Crippen LogP contribution in [0.2, 0.25) is 0 Å². The number of nitrogens with zero attached hydrogens (tertiary/aromatic N) is 1. The van der Waals surface area contributed by atoms with Gasteiger partial charge in [-0.25, -0.2) is 9.18 Å². The van der Waals surface area contributed by atoms with E-state index >= 15 is 0 Å². The molecule has 2 amide bonds. The smallest absolute Gasteiger partial charge is 0.319 e. The molecule has 116 valence electrons. The van der Waals surface area contributed by atoms with E-state index in [1.807, 2.05) is 49.3 Å². The number of amides is 2. The number of hydrogen-bond acceptors (Lipinski definition) is 2. The van der Waals surface area contributed by atoms with Crippen LogP contribution in [0.15, 0.2) is 54.6 Å². The molecule has 2 rings (SSSR count). The fourth-order valence-corrected chi connectivity index (χ4v) is 2.19. The van der Waals surface area contributed by atoms with Crippen LogP contribution in [0.25, 0.3) is 0 Å². The van der Waals surface area contributed by atoms with E-state index in [2.05, 4.69) is 10.6 Å². The maximum absolute atomic E-state index is 13.5. The molecule has 0 aliphatic carbocycles. The molecule has 5 heteroatoms. The Balaban J connectivity index is 1.95. The number of anilines is 1. The van der Waals surface area contributed by atoms with Crippen LogP contribution in [0.5, 0.6) is 0 Å². The molecule has 0 fully saturated rings. The van der Waals surface area contributed by atoms with Crippen LogP contribution in [0.4, 0.5) is 14.9 Å². The number of para-hydroxylation sites is 1. The van der Waals surface area contributed by atoms with Crippen molar-refractivity contribution in [1.29, 1.82) is 0 Å². The van der Waals surface area contributed by atoms with Crippen LogP contribution in [0.1, 0.15) is 11.6 Å². The SMILES string of the molecule is CN(C)C(CNC(=O)Nc1ccccc1F)c1ccccc1. The van der Waals surface area contributed by atoms with E-state index in [1.165, 1.54) is 12.1 Å². The Morgan fingerprint density at radius 3 is 2.36 bits per heavy atom. The number of nitrogens with one attached hydrogen (secondary N) is 2. The summed E-state index contributed by atoms with van der Waals surface area (Å²) in [7, 11) is 3.90. The Morgan fingerprint density at radius 1 is 1.09 bits per heavy atom. The van der Waals surface area contributed by atoms with Gasteiger partial charge in [-0.2, -0.15) is 0 Å². The average Bonchev–Trinajstić information content (AvgIpc) is 2.50. The van der Waals surface area contributed by atoms with Crippen molar-refractivity contribution < 1.29 is 9.18 Å². The summed E-state index contributed by atoms with van der Waals surface area (Å²) in [6.45, 7) is 0.428. The first kappa shape index (κ1) is 16.0. The summed E-state index contributed by atoms with van der Waals surface area (Å²) < 4.78 is 13.5. The van der Waals surface area contributed by atoms with Crippen molar-refractivity contribution >= 4 is 11.7 Å². The third kappa shape index (κ3) is 4.30. The molecule has 0 saturated heterocycles. The van der Waals surface area contributed by atoms with Crippen LogP contribution in [0, 0.1) is 5.82 Å². The van der Waals surface area contributed by atoms with Gasteiger partial charge in [0.1, 0.15) is 5.82 Å². The van der Waals surface area contributed by atoms with Gasteiger partial charge in [0.25, 0.3) is 0 Å². The van der Waals surface area contributed by atoms with E-state index in [0.29, 0.717) is 6.54 Å². The van der Waals surface area contributed by atoms with Gasteiger partial charge in [0.15, 0.2) is 0 Å². The van der Waals surface area contributed by atoms with Crippen molar-refractivity contribution in [3.63, 3.8) is 0 Å². The second kappa shape index (κ2) is 7.56. The first-order valence-corrected chi connectivity index (χ1v) is 7.08. The van der Waals surface area contributed by atoms with E-state index in [4.69, 9.17) is 0 Å². The van der Waals surface area contributed by atoms with Crippen LogP contribution < -0.4 is 10.6 Å². The molecule has 22 heavy (non-hydrogen) atoms. The lowest BCUT2D eigenvalue weighted by atomic mass is 10.1. The third-order valence-corrected chi connectivity index (χ3v) is 3.39. The molecule has 4 nitrogen and oxygen atoms in total. The summed E-state index contributed by atoms with van der Waals surface area (Å²) in [5.41, 5.74) is 1.28. The average molecular weight is 301 g/mol. The van der Waals surface area contributed by atoms with Crippen LogP contribution >= 0.6 is 0 Å². The summed E-state index contributed by atoms with van der Waals surface area (Å²) in [5, 5.41) is 5.29. The summed E-state index contributed by atoms with van der Waals surface area (Å²) in [5.74, 6) is -0.454. The normalized spacial score (nSPS) is 12.0. The fraction of sp³-hybridized carbons (Fsp3) is 0.235. The predicted molar refractivity (Wildman–Crippen MR) is 86.3 cm³/mol. The highest BCUT2D eigenvalue weighted by Crippen LogP contribution is 2.17. The lowest BCUT2D eigenvalue weighted by molar-refractivity contribution is 0.243. The lowest BCUT2D eigenvalue weighted by Crippen LogP contribution is -2.37. The Kier molecular flexibility index (Phi) is 5.49. The van der Waals surface area contributed by atoms with Crippen LogP contribution in [-0.2, 0) is 0 Å². The summed E-state index contributed by atoms with van der Waals surface area (Å²) in [6, 6.07) is 15.6. The molecule has 0 aliphatic rings. The molecule has 0 spiro atoms. The highest BCUT2D eigenvalue weighted by atomic mass is 19.1. The van der Waals surface area contributed by atoms with Gasteiger partial charge in [-0.3, -0.25) is 0 Å². The summed E-state index contributed by atoms with van der Waals surface area (Å²) in [4.78, 5) is 13.9. The number of benzene rings is 2. The van der Waals surface area contributed by atoms with Crippen molar-refractivity contribution in [2.75, 3.05) is 26.0 Å². The van der Waals surface area contributed by atoms with Crippen molar-refractivity contribution in [2.45, 2.75) is 6.04 Å². The van der Waals surface area contributed by atoms with Crippen LogP contribution in [0.3, 0.4) is 0 Å². The lowest BCUT2D eigenvalue weighted by Gasteiger charge is -2.25. The highest BCUT2D eigenvalue weighted by molar-refractivity contribution is 5.89. The van der Waals surface area contributed by atoms with E-state index in [1.54, 1.807) is 12.1 Å². The Morgan fingerprint density at radius 2 is 1.73 bits per heavy atom. The molecule has 0 saturated carbocycles. The van der Waals surface area contributed by atoms with Gasteiger partial charge in [-0.15, -0.1) is 0 Å². The van der Waals surface area contributed by atoms with Crippen molar-refractivity contribution in [2.24, 2.45) is 0 Å². The molecule has 1 atom stereocenters. The molecule has 0 aliphatic heterocycles. The van der Waals surface area contributed by atoms with E-state index in [-0.39, 0.29) is 11.7 Å². The molecular weight excluding hydrogens is 281 g/mol. The monoisotopic (exact) mass is 301 g/mol. The molecular formula is C17H20FN3O. The number of urea groups is 1. The van der Waals surface area contributed by atoms with Gasteiger partial charge in [-0.05, 0) is 31.8 Å². The zero-order valence-electron chi connectivity index (χ0n) is 12.7. The van der Waals surface area contributed by atoms with Crippen molar-refractivity contribution in [1.82, 2.24) is 10.2 Å². The summed E-state index contributed by atoms with van der Waals surface area (Å²) in [6.07, 6.45) is 0. The van der Waals surface area contributed by atoms with E-state index < -0.39 is 11.8 Å². The molecule has 0 aromatic heterocycles. The first-order chi connectivity index (χ1) is 10.6. The van der Waals surface area contributed by atoms with Gasteiger partial charge in [0, 0.05) is 6.54 Å². The number of halogens is 1. The van der Waals surface area contributed by atoms with Crippen molar-refractivity contribution in [3.05, 3.63) is 66.0 Å². The number of rotatable bonds is 5. The largest absolute Gasteiger partial charge is 0.336 e. The number of hydrogen-bond donors (Lipinski definition) is 2. The van der Waals surface area contributed by atoms with Gasteiger partial charge in [0.05, 0.1) is 11.7 Å². The van der Waals surface area contributed by atoms with E-state index in [0.717, 1.165) is 5.56 Å². The minimum atomic E-state index is -0.454. The highest BCUT2D eigenvalue weighted by Gasteiger charge is 2.15. The Hall–Kier alpha value is -2.40. The van der Waals surface area contributed by atoms with Crippen LogP contribution in [-0.4, -0.2) is 31.6 Å². The van der Waals surface area contributed by atoms with E-state index in [9.17, 15) is 9.18 Å². The maximum atomic E-state index is 13.5. The topological polar surface area (TPSA) is 44.4 Å². The van der Waals surface area contributed by atoms with Gasteiger partial charge in [-0.1, -0.05) is 42.5 Å². The molecule has 0 bridgehead atoms. The zero-order chi connectivity index (χ0) is 15.9. The maximum Gasteiger partial charge on any atom is 0.319 e. The molecule has 2 N–H and O–H groups in total. The molecule has 1 unspecified atom stereocenters. The molecule has 0 heterocycles. The Labute approximate surface area is 129 Å². The third-order valence-electron chi connectivity index (χ3n) is 3.39. The number of carbonyl (C=O) groups excluding carboxylic acids is 1. The number of carbonyl (C=O) groups is 1. The zero-order valence-corrected chi connectivity index (χ0v) is 12.7. The Bertz CT molecular complexity index is 616. The predicted octanol–water partition coefficient (Wildman–Crippen LogP) is 3.25. The second-order valence-corrected chi connectivity index (χ2v) is 5.20. The minimum absolute atomic E-state index is 0.0487. The molecule has 0 radical (unpaired) electrons. The standard InChI is InChI=1S/C17H20FN3O/c1-21(2)16(13-8-4-3-5-9-13)12-19-17(22)20-15-11-7-6-10-14(15)18/h3-11,16H,12H2,1-2H3,(H2,19,20,22). The minimum Gasteiger partial charge on any atom is -0.336 e.